The van der Waals surface area contributed by atoms with Gasteiger partial charge in [0.2, 0.25) is 0 Å². The monoisotopic (exact) mass is 339 g/mol. The first-order valence-electron chi connectivity index (χ1n) is 8.02. The first kappa shape index (κ1) is 15.1. The molecule has 6 heteroatoms. The van der Waals surface area contributed by atoms with Gasteiger partial charge >= 0.3 is 0 Å². The number of aromatic nitrogens is 2. The second kappa shape index (κ2) is 6.57. The van der Waals surface area contributed by atoms with Crippen molar-refractivity contribution in [2.24, 2.45) is 0 Å². The molecule has 5 nitrogen and oxygen atoms in total. The second-order valence-corrected chi connectivity index (χ2v) is 6.81. The van der Waals surface area contributed by atoms with Gasteiger partial charge in [0.15, 0.2) is 11.5 Å². The molecule has 0 aliphatic carbocycles. The lowest BCUT2D eigenvalue weighted by atomic mass is 9.97. The van der Waals surface area contributed by atoms with Gasteiger partial charge in [-0.25, -0.2) is 4.98 Å². The van der Waals surface area contributed by atoms with Crippen LogP contribution in [0.25, 0.3) is 11.3 Å². The van der Waals surface area contributed by atoms with Crippen molar-refractivity contribution >= 4 is 17.2 Å². The van der Waals surface area contributed by atoms with Crippen LogP contribution in [0, 0.1) is 0 Å². The molecule has 1 saturated heterocycles. The van der Waals surface area contributed by atoms with Crippen LogP contribution >= 0.6 is 11.3 Å². The second-order valence-electron chi connectivity index (χ2n) is 5.88. The number of thiazole rings is 1. The summed E-state index contributed by atoms with van der Waals surface area (Å²) < 4.78 is 5.34. The Bertz CT molecular complexity index is 806. The highest BCUT2D eigenvalue weighted by molar-refractivity contribution is 7.09. The van der Waals surface area contributed by atoms with Crippen LogP contribution in [-0.2, 0) is 0 Å². The van der Waals surface area contributed by atoms with E-state index in [-0.39, 0.29) is 5.91 Å². The van der Waals surface area contributed by atoms with Gasteiger partial charge in [-0.05, 0) is 12.8 Å². The van der Waals surface area contributed by atoms with Crippen molar-refractivity contribution in [3.63, 3.8) is 0 Å². The van der Waals surface area contributed by atoms with Gasteiger partial charge in [-0.3, -0.25) is 4.79 Å². The van der Waals surface area contributed by atoms with Gasteiger partial charge in [0.25, 0.3) is 5.91 Å². The van der Waals surface area contributed by atoms with Gasteiger partial charge in [-0.15, -0.1) is 11.3 Å². The summed E-state index contributed by atoms with van der Waals surface area (Å²) in [6.45, 7) is 1.47. The van der Waals surface area contributed by atoms with Gasteiger partial charge in [0, 0.05) is 42.2 Å². The summed E-state index contributed by atoms with van der Waals surface area (Å²) in [6, 6.07) is 11.4. The van der Waals surface area contributed by atoms with Gasteiger partial charge < -0.3 is 9.42 Å². The summed E-state index contributed by atoms with van der Waals surface area (Å²) >= 11 is 1.69. The molecular weight excluding hydrogens is 322 g/mol. The number of nitrogens with zero attached hydrogens (tertiary/aromatic N) is 3. The van der Waals surface area contributed by atoms with E-state index in [4.69, 9.17) is 4.52 Å². The molecule has 1 amide bonds. The Morgan fingerprint density at radius 2 is 2.00 bits per heavy atom. The van der Waals surface area contributed by atoms with Gasteiger partial charge in [-0.1, -0.05) is 35.5 Å². The zero-order valence-corrected chi connectivity index (χ0v) is 13.9. The Labute approximate surface area is 143 Å². The SMILES string of the molecule is O=C(c1cc(-c2ccccc2)on1)N1CCC(c2nccs2)CC1. The van der Waals surface area contributed by atoms with Crippen LogP contribution in [-0.4, -0.2) is 34.0 Å². The van der Waals surface area contributed by atoms with Crippen LogP contribution in [0.3, 0.4) is 0 Å². The molecule has 0 atom stereocenters. The Kier molecular flexibility index (Phi) is 4.13. The van der Waals surface area contributed by atoms with E-state index in [0.29, 0.717) is 17.4 Å². The average molecular weight is 339 g/mol. The van der Waals surface area contributed by atoms with Crippen LogP contribution in [0.15, 0.2) is 52.5 Å². The lowest BCUT2D eigenvalue weighted by Gasteiger charge is -2.30. The topological polar surface area (TPSA) is 59.2 Å². The van der Waals surface area contributed by atoms with Gasteiger partial charge in [0.05, 0.1) is 5.01 Å². The van der Waals surface area contributed by atoms with E-state index in [1.165, 1.54) is 5.01 Å². The third-order valence-corrected chi connectivity index (χ3v) is 5.31. The third-order valence-electron chi connectivity index (χ3n) is 4.37. The standard InChI is InChI=1S/C18H17N3O2S/c22-18(15-12-16(23-20-15)13-4-2-1-3-5-13)21-9-6-14(7-10-21)17-19-8-11-24-17/h1-5,8,11-12,14H,6-7,9-10H2. The molecule has 24 heavy (non-hydrogen) atoms. The minimum atomic E-state index is -0.0569. The fourth-order valence-corrected chi connectivity index (χ4v) is 3.85. The number of likely N-dealkylation sites (tertiary alicyclic amines) is 1. The quantitative estimate of drug-likeness (QED) is 0.728. The van der Waals surface area contributed by atoms with E-state index < -0.39 is 0 Å². The van der Waals surface area contributed by atoms with Gasteiger partial charge in [0.1, 0.15) is 0 Å². The molecule has 0 spiro atoms. The van der Waals surface area contributed by atoms with Crippen LogP contribution in [0.5, 0.6) is 0 Å². The van der Waals surface area contributed by atoms with Crippen LogP contribution in [0.4, 0.5) is 0 Å². The summed E-state index contributed by atoms with van der Waals surface area (Å²) in [6.07, 6.45) is 3.74. The molecule has 122 valence electrons. The molecule has 4 rings (SSSR count). The van der Waals surface area contributed by atoms with Crippen molar-refractivity contribution in [3.05, 3.63) is 58.7 Å². The Hall–Kier alpha value is -2.47. The maximum Gasteiger partial charge on any atom is 0.276 e. The number of amides is 1. The summed E-state index contributed by atoms with van der Waals surface area (Å²) in [4.78, 5) is 18.9. The molecule has 1 fully saturated rings. The summed E-state index contributed by atoms with van der Waals surface area (Å²) in [7, 11) is 0. The molecule has 2 aromatic heterocycles. The minimum absolute atomic E-state index is 0.0569. The number of carbonyl (C=O) groups is 1. The number of rotatable bonds is 3. The van der Waals surface area contributed by atoms with E-state index in [2.05, 4.69) is 10.1 Å². The third kappa shape index (κ3) is 2.97. The molecule has 0 bridgehead atoms. The highest BCUT2D eigenvalue weighted by atomic mass is 32.1. The highest BCUT2D eigenvalue weighted by Gasteiger charge is 2.27. The van der Waals surface area contributed by atoms with Crippen molar-refractivity contribution in [3.8, 4) is 11.3 Å². The normalized spacial score (nSPS) is 15.6. The van der Waals surface area contributed by atoms with Crippen molar-refractivity contribution in [2.75, 3.05) is 13.1 Å². The van der Waals surface area contributed by atoms with Gasteiger partial charge in [-0.2, -0.15) is 0 Å². The lowest BCUT2D eigenvalue weighted by Crippen LogP contribution is -2.38. The number of benzene rings is 1. The predicted octanol–water partition coefficient (Wildman–Crippen LogP) is 3.82. The summed E-state index contributed by atoms with van der Waals surface area (Å²) in [5.74, 6) is 1.03. The predicted molar refractivity (Wildman–Crippen MR) is 91.9 cm³/mol. The lowest BCUT2D eigenvalue weighted by molar-refractivity contribution is 0.0702. The first-order chi connectivity index (χ1) is 11.8. The zero-order chi connectivity index (χ0) is 16.4. The zero-order valence-electron chi connectivity index (χ0n) is 13.1. The molecule has 3 heterocycles. The number of hydrogen-bond donors (Lipinski definition) is 0. The van der Waals surface area contributed by atoms with E-state index in [0.717, 1.165) is 31.5 Å². The molecule has 1 aliphatic rings. The smallest absolute Gasteiger partial charge is 0.276 e. The molecule has 0 N–H and O–H groups in total. The van der Waals surface area contributed by atoms with E-state index >= 15 is 0 Å². The molecule has 1 aliphatic heterocycles. The highest BCUT2D eigenvalue weighted by Crippen LogP contribution is 2.30. The van der Waals surface area contributed by atoms with E-state index in [1.807, 2.05) is 46.8 Å². The maximum atomic E-state index is 12.6. The van der Waals surface area contributed by atoms with Crippen LogP contribution in [0.1, 0.15) is 34.3 Å². The number of piperidine rings is 1. The van der Waals surface area contributed by atoms with E-state index in [1.54, 1.807) is 17.4 Å². The van der Waals surface area contributed by atoms with Crippen LogP contribution < -0.4 is 0 Å². The maximum absolute atomic E-state index is 12.6. The first-order valence-corrected chi connectivity index (χ1v) is 8.90. The summed E-state index contributed by atoms with van der Waals surface area (Å²) in [5, 5.41) is 7.14. The largest absolute Gasteiger partial charge is 0.355 e. The van der Waals surface area contributed by atoms with Crippen molar-refractivity contribution in [1.29, 1.82) is 0 Å². The molecule has 1 aromatic carbocycles. The summed E-state index contributed by atoms with van der Waals surface area (Å²) in [5.41, 5.74) is 1.30. The minimum Gasteiger partial charge on any atom is -0.355 e. The van der Waals surface area contributed by atoms with Crippen molar-refractivity contribution in [2.45, 2.75) is 18.8 Å². The Morgan fingerprint density at radius 3 is 2.71 bits per heavy atom. The average Bonchev–Trinajstić information content (AvgIpc) is 3.34. The molecular formula is C18H17N3O2S. The molecule has 0 saturated carbocycles. The molecule has 0 radical (unpaired) electrons. The molecule has 3 aromatic rings. The fourth-order valence-electron chi connectivity index (χ4n) is 3.04. The molecule has 0 unspecified atom stereocenters. The van der Waals surface area contributed by atoms with Crippen molar-refractivity contribution < 1.29 is 9.32 Å². The Balaban J connectivity index is 1.43. The fraction of sp³-hybridized carbons (Fsp3) is 0.278. The number of hydrogen-bond acceptors (Lipinski definition) is 5. The Morgan fingerprint density at radius 1 is 1.21 bits per heavy atom. The van der Waals surface area contributed by atoms with E-state index in [9.17, 15) is 4.79 Å². The van der Waals surface area contributed by atoms with Crippen LogP contribution in [0.2, 0.25) is 0 Å². The number of carbonyl (C=O) groups excluding carboxylic acids is 1. The van der Waals surface area contributed by atoms with Crippen molar-refractivity contribution in [1.82, 2.24) is 15.0 Å².